The molecular weight excluding hydrogens is 388 g/mol. The molecule has 1 aliphatic heterocycles. The molecule has 0 bridgehead atoms. The van der Waals surface area contributed by atoms with Crippen molar-refractivity contribution in [3.8, 4) is 0 Å². The van der Waals surface area contributed by atoms with Crippen LogP contribution in [0.1, 0.15) is 22.3 Å². The molecule has 0 unspecified atom stereocenters. The zero-order valence-corrected chi connectivity index (χ0v) is 17.7. The van der Waals surface area contributed by atoms with E-state index in [4.69, 9.17) is 0 Å². The lowest BCUT2D eigenvalue weighted by atomic mass is 9.72. The lowest BCUT2D eigenvalue weighted by molar-refractivity contribution is 0.593. The van der Waals surface area contributed by atoms with E-state index in [1.165, 1.54) is 22.3 Å². The van der Waals surface area contributed by atoms with Crippen LogP contribution in [0.25, 0.3) is 0 Å². The molecule has 142 valence electrons. The van der Waals surface area contributed by atoms with Crippen molar-refractivity contribution in [3.63, 3.8) is 0 Å². The van der Waals surface area contributed by atoms with E-state index in [1.807, 2.05) is 0 Å². The molecule has 1 heterocycles. The molecule has 5 rings (SSSR count). The SMILES string of the molecule is c1ccc(C2(c3ccccc3)SCSC2(c2ccccc2)c2ccccc2)cc1. The number of hydrogen-bond acceptors (Lipinski definition) is 2. The van der Waals surface area contributed by atoms with Crippen molar-refractivity contribution >= 4 is 23.5 Å². The molecule has 0 nitrogen and oxygen atoms in total. The summed E-state index contributed by atoms with van der Waals surface area (Å²) in [6.07, 6.45) is 0. The van der Waals surface area contributed by atoms with Gasteiger partial charge >= 0.3 is 0 Å². The average Bonchev–Trinajstić information content (AvgIpc) is 3.24. The van der Waals surface area contributed by atoms with Gasteiger partial charge in [0.2, 0.25) is 0 Å². The highest BCUT2D eigenvalue weighted by Gasteiger charge is 2.60. The number of rotatable bonds is 4. The second kappa shape index (κ2) is 7.78. The van der Waals surface area contributed by atoms with Crippen LogP contribution < -0.4 is 0 Å². The van der Waals surface area contributed by atoms with Crippen molar-refractivity contribution in [1.82, 2.24) is 0 Å². The lowest BCUT2D eigenvalue weighted by Gasteiger charge is -2.46. The predicted octanol–water partition coefficient (Wildman–Crippen LogP) is 7.31. The minimum absolute atomic E-state index is 0.219. The van der Waals surface area contributed by atoms with E-state index in [1.54, 1.807) is 0 Å². The monoisotopic (exact) mass is 410 g/mol. The first-order valence-corrected chi connectivity index (χ1v) is 11.8. The molecule has 0 aliphatic carbocycles. The quantitative estimate of drug-likeness (QED) is 0.346. The molecule has 1 saturated heterocycles. The molecular formula is C27H22S2. The smallest absolute Gasteiger partial charge is 0.0894 e. The van der Waals surface area contributed by atoms with Gasteiger partial charge < -0.3 is 0 Å². The van der Waals surface area contributed by atoms with E-state index < -0.39 is 0 Å². The number of hydrogen-bond donors (Lipinski definition) is 0. The van der Waals surface area contributed by atoms with Gasteiger partial charge in [0.25, 0.3) is 0 Å². The molecule has 29 heavy (non-hydrogen) atoms. The van der Waals surface area contributed by atoms with E-state index in [2.05, 4.69) is 145 Å². The Morgan fingerprint density at radius 3 is 0.862 bits per heavy atom. The van der Waals surface area contributed by atoms with Gasteiger partial charge in [0, 0.05) is 5.08 Å². The van der Waals surface area contributed by atoms with Gasteiger partial charge in [-0.1, -0.05) is 121 Å². The van der Waals surface area contributed by atoms with Gasteiger partial charge in [0.15, 0.2) is 0 Å². The predicted molar refractivity (Wildman–Crippen MR) is 127 cm³/mol. The van der Waals surface area contributed by atoms with Crippen LogP contribution in [0.4, 0.5) is 0 Å². The molecule has 0 radical (unpaired) electrons. The fraction of sp³-hybridized carbons (Fsp3) is 0.111. The van der Waals surface area contributed by atoms with Crippen molar-refractivity contribution in [2.24, 2.45) is 0 Å². The highest BCUT2D eigenvalue weighted by atomic mass is 32.2. The van der Waals surface area contributed by atoms with E-state index in [-0.39, 0.29) is 9.49 Å². The zero-order chi connectivity index (χ0) is 19.6. The van der Waals surface area contributed by atoms with E-state index in [9.17, 15) is 0 Å². The minimum Gasteiger partial charge on any atom is -0.132 e. The summed E-state index contributed by atoms with van der Waals surface area (Å²) in [6.45, 7) is 0. The topological polar surface area (TPSA) is 0 Å². The molecule has 0 N–H and O–H groups in total. The van der Waals surface area contributed by atoms with Crippen LogP contribution in [-0.4, -0.2) is 5.08 Å². The third-order valence-corrected chi connectivity index (χ3v) is 9.26. The fourth-order valence-electron chi connectivity index (χ4n) is 4.58. The molecule has 0 saturated carbocycles. The summed E-state index contributed by atoms with van der Waals surface area (Å²) in [6, 6.07) is 44.2. The van der Waals surface area contributed by atoms with Gasteiger partial charge in [-0.15, -0.1) is 23.5 Å². The molecule has 0 atom stereocenters. The molecule has 0 aromatic heterocycles. The first-order valence-electron chi connectivity index (χ1n) is 9.88. The summed E-state index contributed by atoms with van der Waals surface area (Å²) in [5.74, 6) is 0. The van der Waals surface area contributed by atoms with Crippen LogP contribution in [0.15, 0.2) is 121 Å². The maximum absolute atomic E-state index is 2.30. The van der Waals surface area contributed by atoms with Gasteiger partial charge in [0.1, 0.15) is 0 Å². The molecule has 4 aromatic rings. The van der Waals surface area contributed by atoms with Crippen LogP contribution in [-0.2, 0) is 9.49 Å². The third kappa shape index (κ3) is 2.86. The maximum atomic E-state index is 2.30. The van der Waals surface area contributed by atoms with Gasteiger partial charge in [-0.25, -0.2) is 0 Å². The highest BCUT2D eigenvalue weighted by Crippen LogP contribution is 2.69. The number of thioether (sulfide) groups is 2. The zero-order valence-electron chi connectivity index (χ0n) is 16.1. The summed E-state index contributed by atoms with van der Waals surface area (Å²) in [5.41, 5.74) is 5.42. The van der Waals surface area contributed by atoms with Crippen molar-refractivity contribution in [3.05, 3.63) is 144 Å². The largest absolute Gasteiger partial charge is 0.132 e. The summed E-state index contributed by atoms with van der Waals surface area (Å²) >= 11 is 4.11. The van der Waals surface area contributed by atoms with Crippen LogP contribution in [0, 0.1) is 0 Å². The second-order valence-electron chi connectivity index (χ2n) is 7.23. The Morgan fingerprint density at radius 2 is 0.621 bits per heavy atom. The Labute approximate surface area is 181 Å². The Bertz CT molecular complexity index is 893. The first-order chi connectivity index (χ1) is 14.4. The van der Waals surface area contributed by atoms with Crippen molar-refractivity contribution < 1.29 is 0 Å². The molecule has 4 aromatic carbocycles. The van der Waals surface area contributed by atoms with Crippen LogP contribution in [0.2, 0.25) is 0 Å². The van der Waals surface area contributed by atoms with E-state index in [0.29, 0.717) is 0 Å². The molecule has 2 heteroatoms. The summed E-state index contributed by atoms with van der Waals surface area (Å²) < 4.78 is -0.439. The molecule has 1 aliphatic rings. The third-order valence-electron chi connectivity index (χ3n) is 5.77. The van der Waals surface area contributed by atoms with Gasteiger partial charge in [-0.3, -0.25) is 0 Å². The number of benzene rings is 4. The fourth-order valence-corrected chi connectivity index (χ4v) is 8.67. The normalized spacial score (nSPS) is 17.1. The highest BCUT2D eigenvalue weighted by molar-refractivity contribution is 8.20. The van der Waals surface area contributed by atoms with Crippen molar-refractivity contribution in [2.45, 2.75) is 9.49 Å². The summed E-state index contributed by atoms with van der Waals surface area (Å²) in [7, 11) is 0. The molecule has 0 amide bonds. The van der Waals surface area contributed by atoms with Crippen molar-refractivity contribution in [1.29, 1.82) is 0 Å². The Morgan fingerprint density at radius 1 is 0.379 bits per heavy atom. The Balaban J connectivity index is 1.90. The second-order valence-corrected chi connectivity index (χ2v) is 9.98. The Hall–Kier alpha value is -2.42. The van der Waals surface area contributed by atoms with Gasteiger partial charge in [-0.2, -0.15) is 0 Å². The Kier molecular flexibility index (Phi) is 4.99. The van der Waals surface area contributed by atoms with Crippen LogP contribution in [0.3, 0.4) is 0 Å². The summed E-state index contributed by atoms with van der Waals surface area (Å²) in [5, 5.41) is 1.04. The minimum atomic E-state index is -0.219. The van der Waals surface area contributed by atoms with E-state index >= 15 is 0 Å². The molecule has 1 fully saturated rings. The standard InChI is InChI=1S/C27H22S2/c1-5-13-22(14-6-1)26(23-15-7-2-8-16-23)27(29-21-28-26,24-17-9-3-10-18-24)25-19-11-4-12-20-25/h1-20H,21H2. The van der Waals surface area contributed by atoms with Crippen LogP contribution >= 0.6 is 23.5 Å². The van der Waals surface area contributed by atoms with Gasteiger partial charge in [0.05, 0.1) is 9.49 Å². The first kappa shape index (κ1) is 18.6. The summed E-state index contributed by atoms with van der Waals surface area (Å²) in [4.78, 5) is 0. The average molecular weight is 411 g/mol. The van der Waals surface area contributed by atoms with Crippen molar-refractivity contribution in [2.75, 3.05) is 5.08 Å². The van der Waals surface area contributed by atoms with E-state index in [0.717, 1.165) is 5.08 Å². The lowest BCUT2D eigenvalue weighted by Crippen LogP contribution is -2.43. The molecule has 0 spiro atoms. The maximum Gasteiger partial charge on any atom is 0.0894 e. The van der Waals surface area contributed by atoms with Crippen LogP contribution in [0.5, 0.6) is 0 Å². The van der Waals surface area contributed by atoms with Gasteiger partial charge in [-0.05, 0) is 22.3 Å².